The molecule has 1 atom stereocenters. The van der Waals surface area contributed by atoms with Crippen LogP contribution in [0, 0.1) is 12.8 Å². The molecule has 0 radical (unpaired) electrons. The summed E-state index contributed by atoms with van der Waals surface area (Å²) in [5.41, 5.74) is 8.41. The Kier molecular flexibility index (Phi) is 6.75. The lowest BCUT2D eigenvalue weighted by molar-refractivity contribution is 0.0927. The molecular weight excluding hydrogens is 387 g/mol. The molecule has 0 saturated heterocycles. The van der Waals surface area contributed by atoms with E-state index >= 15 is 0 Å². The van der Waals surface area contributed by atoms with Gasteiger partial charge >= 0.3 is 0 Å². The number of pyridine rings is 1. The number of amides is 1. The van der Waals surface area contributed by atoms with Crippen molar-refractivity contribution < 1.29 is 4.79 Å². The van der Waals surface area contributed by atoms with Gasteiger partial charge in [0.05, 0.1) is 16.9 Å². The number of carbonyl (C=O) groups is 1. The predicted octanol–water partition coefficient (Wildman–Crippen LogP) is 2.43. The monoisotopic (exact) mass is 408 g/mol. The van der Waals surface area contributed by atoms with Crippen molar-refractivity contribution in [2.75, 3.05) is 6.54 Å². The van der Waals surface area contributed by atoms with Crippen LogP contribution in [0.4, 0.5) is 0 Å². The summed E-state index contributed by atoms with van der Waals surface area (Å²) in [7, 11) is 0. The van der Waals surface area contributed by atoms with E-state index in [1.54, 1.807) is 10.9 Å². The van der Waals surface area contributed by atoms with Crippen molar-refractivity contribution in [2.24, 2.45) is 11.7 Å². The van der Waals surface area contributed by atoms with Gasteiger partial charge in [-0.2, -0.15) is 0 Å². The Labute approximate surface area is 169 Å². The second kappa shape index (κ2) is 8.65. The van der Waals surface area contributed by atoms with Crippen LogP contribution in [-0.4, -0.2) is 38.5 Å². The minimum absolute atomic E-state index is 0. The Morgan fingerprint density at radius 3 is 2.74 bits per heavy atom. The number of rotatable bonds is 5. The summed E-state index contributed by atoms with van der Waals surface area (Å²) in [5.74, 6) is 0.269. The number of aromatic nitrogens is 4. The summed E-state index contributed by atoms with van der Waals surface area (Å²) in [6.07, 6.45) is 3.98. The summed E-state index contributed by atoms with van der Waals surface area (Å²) < 4.78 is 1.67. The Bertz CT molecular complexity index is 935. The molecule has 2 aromatic heterocycles. The highest BCUT2D eigenvalue weighted by Crippen LogP contribution is 2.32. The topological polar surface area (TPSA) is 98.7 Å². The maximum absolute atomic E-state index is 12.6. The lowest BCUT2D eigenvalue weighted by Crippen LogP contribution is -2.42. The number of carbonyl (C=O) groups excluding carboxylic acids is 1. The van der Waals surface area contributed by atoms with E-state index in [-0.39, 0.29) is 36.8 Å². The summed E-state index contributed by atoms with van der Waals surface area (Å²) in [4.78, 5) is 17.0. The van der Waals surface area contributed by atoms with Gasteiger partial charge in [-0.15, -0.1) is 29.9 Å². The molecule has 144 valence electrons. The molecule has 27 heavy (non-hydrogen) atoms. The van der Waals surface area contributed by atoms with E-state index in [9.17, 15) is 4.79 Å². The minimum atomic E-state index is -0.223. The molecule has 3 N–H and O–H groups in total. The van der Waals surface area contributed by atoms with Crippen molar-refractivity contribution in [3.05, 3.63) is 47.9 Å². The molecule has 1 fully saturated rings. The average molecular weight is 409 g/mol. The number of para-hydroxylation sites is 1. The van der Waals surface area contributed by atoms with Crippen LogP contribution < -0.4 is 11.1 Å². The lowest BCUT2D eigenvalue weighted by atomic mass is 10.1. The molecule has 1 aliphatic rings. The number of halogens is 2. The highest BCUT2D eigenvalue weighted by molar-refractivity contribution is 5.94. The summed E-state index contributed by atoms with van der Waals surface area (Å²) >= 11 is 0. The van der Waals surface area contributed by atoms with Gasteiger partial charge in [0.1, 0.15) is 0 Å². The van der Waals surface area contributed by atoms with E-state index in [0.717, 1.165) is 29.4 Å². The van der Waals surface area contributed by atoms with Crippen molar-refractivity contribution >= 4 is 41.6 Å². The van der Waals surface area contributed by atoms with Gasteiger partial charge in [-0.1, -0.05) is 23.4 Å². The maximum atomic E-state index is 12.6. The molecular formula is C18H22Cl2N6O. The first kappa shape index (κ1) is 21.1. The van der Waals surface area contributed by atoms with Crippen molar-refractivity contribution in [1.29, 1.82) is 0 Å². The van der Waals surface area contributed by atoms with Crippen molar-refractivity contribution in [2.45, 2.75) is 25.8 Å². The first-order chi connectivity index (χ1) is 12.2. The van der Waals surface area contributed by atoms with E-state index in [0.29, 0.717) is 23.9 Å². The molecule has 2 heterocycles. The van der Waals surface area contributed by atoms with Crippen LogP contribution in [0.25, 0.3) is 16.6 Å². The van der Waals surface area contributed by atoms with Gasteiger partial charge in [-0.3, -0.25) is 9.78 Å². The number of fused-ring (bicyclic) bond motifs is 1. The Morgan fingerprint density at radius 2 is 2.04 bits per heavy atom. The van der Waals surface area contributed by atoms with Crippen molar-refractivity contribution in [1.82, 2.24) is 25.3 Å². The fraction of sp³-hybridized carbons (Fsp3) is 0.333. The third-order valence-corrected chi connectivity index (χ3v) is 4.71. The van der Waals surface area contributed by atoms with Gasteiger partial charge in [0.25, 0.3) is 5.91 Å². The van der Waals surface area contributed by atoms with E-state index in [2.05, 4.69) is 20.6 Å². The summed E-state index contributed by atoms with van der Waals surface area (Å²) in [6.45, 7) is 2.28. The van der Waals surface area contributed by atoms with Gasteiger partial charge in [0.2, 0.25) is 0 Å². The first-order valence-electron chi connectivity index (χ1n) is 8.46. The molecule has 1 saturated carbocycles. The zero-order chi connectivity index (χ0) is 17.4. The zero-order valence-electron chi connectivity index (χ0n) is 14.8. The molecule has 7 nitrogen and oxygen atoms in total. The number of nitrogens with one attached hydrogen (secondary N) is 1. The number of nitrogens with zero attached hydrogens (tertiary/aromatic N) is 4. The number of hydrogen-bond donors (Lipinski definition) is 2. The van der Waals surface area contributed by atoms with E-state index in [1.165, 1.54) is 0 Å². The van der Waals surface area contributed by atoms with Crippen molar-refractivity contribution in [3.8, 4) is 5.69 Å². The fourth-order valence-corrected chi connectivity index (χ4v) is 3.13. The average Bonchev–Trinajstić information content (AvgIpc) is 3.41. The molecule has 1 aromatic carbocycles. The van der Waals surface area contributed by atoms with Gasteiger partial charge in [-0.25, -0.2) is 4.68 Å². The quantitative estimate of drug-likeness (QED) is 0.675. The number of benzene rings is 1. The predicted molar refractivity (Wildman–Crippen MR) is 109 cm³/mol. The molecule has 9 heteroatoms. The molecule has 0 aliphatic heterocycles. The minimum Gasteiger partial charge on any atom is -0.346 e. The van der Waals surface area contributed by atoms with E-state index in [1.807, 2.05) is 37.3 Å². The van der Waals surface area contributed by atoms with Gasteiger partial charge < -0.3 is 11.1 Å². The highest BCUT2D eigenvalue weighted by Gasteiger charge is 2.32. The van der Waals surface area contributed by atoms with Crippen LogP contribution in [0.5, 0.6) is 0 Å². The molecule has 0 bridgehead atoms. The Morgan fingerprint density at radius 1 is 1.30 bits per heavy atom. The van der Waals surface area contributed by atoms with E-state index < -0.39 is 0 Å². The third-order valence-electron chi connectivity index (χ3n) is 4.71. The molecule has 1 unspecified atom stereocenters. The summed E-state index contributed by atoms with van der Waals surface area (Å²) in [5, 5.41) is 12.3. The SMILES string of the molecule is Cc1c(C(=O)NC(CN)C2CC2)nnn1-c1cccc2cccnc12.Cl.Cl. The first-order valence-corrected chi connectivity index (χ1v) is 8.46. The second-order valence-electron chi connectivity index (χ2n) is 6.44. The number of hydrogen-bond acceptors (Lipinski definition) is 5. The lowest BCUT2D eigenvalue weighted by Gasteiger charge is -2.15. The van der Waals surface area contributed by atoms with Crippen LogP contribution in [0.3, 0.4) is 0 Å². The summed E-state index contributed by atoms with van der Waals surface area (Å²) in [6, 6.07) is 9.75. The Hall–Kier alpha value is -2.22. The van der Waals surface area contributed by atoms with Crippen LogP contribution in [0.1, 0.15) is 29.0 Å². The molecule has 3 aromatic rings. The van der Waals surface area contributed by atoms with Crippen LogP contribution >= 0.6 is 24.8 Å². The van der Waals surface area contributed by atoms with Crippen LogP contribution in [0.2, 0.25) is 0 Å². The van der Waals surface area contributed by atoms with E-state index in [4.69, 9.17) is 5.73 Å². The molecule has 4 rings (SSSR count). The Balaban J connectivity index is 0.00000131. The largest absolute Gasteiger partial charge is 0.346 e. The van der Waals surface area contributed by atoms with Crippen LogP contribution in [-0.2, 0) is 0 Å². The van der Waals surface area contributed by atoms with Crippen molar-refractivity contribution in [3.63, 3.8) is 0 Å². The van der Waals surface area contributed by atoms with Gasteiger partial charge in [0, 0.05) is 24.2 Å². The molecule has 1 aliphatic carbocycles. The normalized spacial score (nSPS) is 14.1. The van der Waals surface area contributed by atoms with Crippen LogP contribution in [0.15, 0.2) is 36.5 Å². The zero-order valence-corrected chi connectivity index (χ0v) is 16.5. The number of nitrogens with two attached hydrogens (primary N) is 1. The third kappa shape index (κ3) is 4.05. The maximum Gasteiger partial charge on any atom is 0.274 e. The smallest absolute Gasteiger partial charge is 0.274 e. The fourth-order valence-electron chi connectivity index (χ4n) is 3.13. The second-order valence-corrected chi connectivity index (χ2v) is 6.44. The van der Waals surface area contributed by atoms with Gasteiger partial charge in [0.15, 0.2) is 5.69 Å². The molecule has 0 spiro atoms. The van der Waals surface area contributed by atoms with Gasteiger partial charge in [-0.05, 0) is 37.8 Å². The molecule has 1 amide bonds. The highest BCUT2D eigenvalue weighted by atomic mass is 35.5. The standard InChI is InChI=1S/C18H20N6O.2ClH/c1-11-16(18(25)21-14(10-19)12-7-8-12)22-23-24(11)15-6-2-4-13-5-3-9-20-17(13)15;;/h2-6,9,12,14H,7-8,10,19H2,1H3,(H,21,25);2*1H.